The summed E-state index contributed by atoms with van der Waals surface area (Å²) in [4.78, 5) is 11.6. The molecular weight excluding hydrogens is 231 g/mol. The lowest BCUT2D eigenvalue weighted by atomic mass is 9.79. The maximum Gasteiger partial charge on any atom is 0.393 e. The first-order valence-corrected chi connectivity index (χ1v) is 5.41. The molecule has 1 amide bonds. The van der Waals surface area contributed by atoms with Crippen LogP contribution in [0.25, 0.3) is 0 Å². The van der Waals surface area contributed by atoms with Gasteiger partial charge in [0.2, 0.25) is 0 Å². The van der Waals surface area contributed by atoms with Crippen LogP contribution in [0.3, 0.4) is 0 Å². The second-order valence-electron chi connectivity index (χ2n) is 4.17. The van der Waals surface area contributed by atoms with Gasteiger partial charge in [-0.15, -0.1) is 0 Å². The van der Waals surface area contributed by atoms with E-state index in [4.69, 9.17) is 0 Å². The third kappa shape index (κ3) is 2.60. The van der Waals surface area contributed by atoms with Gasteiger partial charge in [0.25, 0.3) is 5.91 Å². The molecule has 1 fully saturated rings. The molecule has 1 aliphatic rings. The first kappa shape index (κ1) is 12.0. The van der Waals surface area contributed by atoms with Gasteiger partial charge in [0.15, 0.2) is 0 Å². The minimum Gasteiger partial charge on any atom is -0.349 e. The molecule has 0 unspecified atom stereocenters. The Labute approximate surface area is 96.8 Å². The summed E-state index contributed by atoms with van der Waals surface area (Å²) in [6.07, 6.45) is -3.72. The van der Waals surface area contributed by atoms with Crippen molar-refractivity contribution < 1.29 is 18.0 Å². The van der Waals surface area contributed by atoms with Crippen molar-refractivity contribution in [1.82, 2.24) is 5.32 Å². The first-order valence-electron chi connectivity index (χ1n) is 5.41. The fourth-order valence-electron chi connectivity index (χ4n) is 1.91. The van der Waals surface area contributed by atoms with Crippen LogP contribution in [0.15, 0.2) is 30.3 Å². The van der Waals surface area contributed by atoms with Crippen LogP contribution in [-0.2, 0) is 0 Å². The van der Waals surface area contributed by atoms with Gasteiger partial charge in [-0.25, -0.2) is 0 Å². The zero-order valence-corrected chi connectivity index (χ0v) is 9.00. The van der Waals surface area contributed by atoms with Crippen molar-refractivity contribution in [2.45, 2.75) is 25.1 Å². The molecule has 5 heteroatoms. The summed E-state index contributed by atoms with van der Waals surface area (Å²) in [6.45, 7) is 0. The summed E-state index contributed by atoms with van der Waals surface area (Å²) < 4.78 is 37.4. The highest BCUT2D eigenvalue weighted by Crippen LogP contribution is 2.41. The first-order chi connectivity index (χ1) is 7.98. The highest BCUT2D eigenvalue weighted by molar-refractivity contribution is 5.94. The van der Waals surface area contributed by atoms with Crippen LogP contribution in [0.4, 0.5) is 13.2 Å². The summed E-state index contributed by atoms with van der Waals surface area (Å²) in [6, 6.07) is 7.49. The van der Waals surface area contributed by atoms with Crippen molar-refractivity contribution in [3.05, 3.63) is 35.9 Å². The summed E-state index contributed by atoms with van der Waals surface area (Å²) in [5.74, 6) is -1.83. The van der Waals surface area contributed by atoms with Crippen molar-refractivity contribution in [3.8, 4) is 0 Å². The highest BCUT2D eigenvalue weighted by Gasteiger charge is 2.50. The van der Waals surface area contributed by atoms with Gasteiger partial charge >= 0.3 is 6.18 Å². The van der Waals surface area contributed by atoms with Gasteiger partial charge in [0.1, 0.15) is 0 Å². The maximum atomic E-state index is 12.5. The molecule has 0 spiro atoms. The van der Waals surface area contributed by atoms with Crippen LogP contribution in [0, 0.1) is 5.92 Å². The number of benzene rings is 1. The molecule has 0 heterocycles. The number of hydrogen-bond acceptors (Lipinski definition) is 1. The van der Waals surface area contributed by atoms with Gasteiger partial charge in [-0.1, -0.05) is 18.2 Å². The van der Waals surface area contributed by atoms with E-state index in [0.29, 0.717) is 12.0 Å². The zero-order valence-electron chi connectivity index (χ0n) is 9.00. The third-order valence-corrected chi connectivity index (χ3v) is 3.05. The highest BCUT2D eigenvalue weighted by atomic mass is 19.4. The Morgan fingerprint density at radius 3 is 2.29 bits per heavy atom. The lowest BCUT2D eigenvalue weighted by molar-refractivity contribution is -0.201. The van der Waals surface area contributed by atoms with E-state index in [0.717, 1.165) is 0 Å². The van der Waals surface area contributed by atoms with Gasteiger partial charge in [-0.05, 0) is 25.0 Å². The molecule has 1 aromatic carbocycles. The van der Waals surface area contributed by atoms with Crippen molar-refractivity contribution in [2.24, 2.45) is 5.92 Å². The molecule has 0 aromatic heterocycles. The Balaban J connectivity index is 1.97. The Morgan fingerprint density at radius 2 is 1.82 bits per heavy atom. The number of alkyl halides is 3. The summed E-state index contributed by atoms with van der Waals surface area (Å²) >= 11 is 0. The van der Waals surface area contributed by atoms with Gasteiger partial charge < -0.3 is 5.32 Å². The van der Waals surface area contributed by atoms with Crippen LogP contribution in [0.2, 0.25) is 0 Å². The van der Waals surface area contributed by atoms with E-state index in [-0.39, 0.29) is 6.42 Å². The fraction of sp³-hybridized carbons (Fsp3) is 0.417. The Hall–Kier alpha value is -1.52. The molecule has 2 nitrogen and oxygen atoms in total. The van der Waals surface area contributed by atoms with E-state index in [2.05, 4.69) is 5.32 Å². The van der Waals surface area contributed by atoms with Gasteiger partial charge in [0, 0.05) is 11.6 Å². The van der Waals surface area contributed by atoms with Crippen LogP contribution >= 0.6 is 0 Å². The molecule has 92 valence electrons. The maximum absolute atomic E-state index is 12.5. The zero-order chi connectivity index (χ0) is 12.5. The average molecular weight is 243 g/mol. The summed E-state index contributed by atoms with van der Waals surface area (Å²) in [5.41, 5.74) is 0.389. The van der Waals surface area contributed by atoms with Crippen molar-refractivity contribution in [3.63, 3.8) is 0 Å². The second kappa shape index (κ2) is 4.39. The average Bonchev–Trinajstić information content (AvgIpc) is 2.23. The molecule has 2 rings (SSSR count). The van der Waals surface area contributed by atoms with Crippen LogP contribution in [-0.4, -0.2) is 18.1 Å². The smallest absolute Gasteiger partial charge is 0.349 e. The van der Waals surface area contributed by atoms with Crippen molar-refractivity contribution in [2.75, 3.05) is 0 Å². The number of rotatable bonds is 2. The standard InChI is InChI=1S/C12H12F3NO/c13-12(14,15)9-6-7-10(9)16-11(17)8-4-2-1-3-5-8/h1-5,9-10H,6-7H2,(H,16,17)/t9-,10-/m1/s1. The molecule has 0 saturated heterocycles. The Bertz CT molecular complexity index is 402. The molecule has 0 bridgehead atoms. The second-order valence-corrected chi connectivity index (χ2v) is 4.17. The molecule has 2 atom stereocenters. The molecule has 1 aliphatic carbocycles. The minimum absolute atomic E-state index is 0.100. The summed E-state index contributed by atoms with van der Waals surface area (Å²) in [7, 11) is 0. The van der Waals surface area contributed by atoms with Gasteiger partial charge in [-0.2, -0.15) is 13.2 Å². The fourth-order valence-corrected chi connectivity index (χ4v) is 1.91. The Kier molecular flexibility index (Phi) is 3.09. The molecule has 1 saturated carbocycles. The monoisotopic (exact) mass is 243 g/mol. The number of nitrogens with one attached hydrogen (secondary N) is 1. The summed E-state index contributed by atoms with van der Waals surface area (Å²) in [5, 5.41) is 2.43. The predicted molar refractivity (Wildman–Crippen MR) is 56.5 cm³/mol. The molecule has 1 N–H and O–H groups in total. The molecule has 0 aliphatic heterocycles. The largest absolute Gasteiger partial charge is 0.393 e. The normalized spacial score (nSPS) is 23.9. The third-order valence-electron chi connectivity index (χ3n) is 3.05. The number of halogens is 3. The van der Waals surface area contributed by atoms with Gasteiger partial charge in [0.05, 0.1) is 5.92 Å². The number of carbonyl (C=O) groups is 1. The van der Waals surface area contributed by atoms with E-state index in [9.17, 15) is 18.0 Å². The number of amides is 1. The van der Waals surface area contributed by atoms with Crippen molar-refractivity contribution >= 4 is 5.91 Å². The van der Waals surface area contributed by atoms with E-state index < -0.39 is 24.0 Å². The van der Waals surface area contributed by atoms with E-state index >= 15 is 0 Å². The molecular formula is C12H12F3NO. The number of hydrogen-bond donors (Lipinski definition) is 1. The quantitative estimate of drug-likeness (QED) is 0.850. The van der Waals surface area contributed by atoms with Crippen molar-refractivity contribution in [1.29, 1.82) is 0 Å². The van der Waals surface area contributed by atoms with E-state index in [1.807, 2.05) is 0 Å². The van der Waals surface area contributed by atoms with Gasteiger partial charge in [-0.3, -0.25) is 4.79 Å². The van der Waals surface area contributed by atoms with Crippen LogP contribution in [0.1, 0.15) is 23.2 Å². The van der Waals surface area contributed by atoms with E-state index in [1.54, 1.807) is 30.3 Å². The van der Waals surface area contributed by atoms with Crippen LogP contribution in [0.5, 0.6) is 0 Å². The molecule has 17 heavy (non-hydrogen) atoms. The minimum atomic E-state index is -4.22. The van der Waals surface area contributed by atoms with Crippen LogP contribution < -0.4 is 5.32 Å². The topological polar surface area (TPSA) is 29.1 Å². The lowest BCUT2D eigenvalue weighted by Gasteiger charge is -2.38. The molecule has 0 radical (unpaired) electrons. The Morgan fingerprint density at radius 1 is 1.18 bits per heavy atom. The SMILES string of the molecule is O=C(N[C@@H]1CC[C@H]1C(F)(F)F)c1ccccc1. The molecule has 1 aromatic rings. The van der Waals surface area contributed by atoms with E-state index in [1.165, 1.54) is 0 Å². The number of carbonyl (C=O) groups excluding carboxylic acids is 1. The lowest BCUT2D eigenvalue weighted by Crippen LogP contribution is -2.52. The predicted octanol–water partition coefficient (Wildman–Crippen LogP) is 2.76.